The molecule has 0 radical (unpaired) electrons. The Morgan fingerprint density at radius 3 is 2.75 bits per heavy atom. The van der Waals surface area contributed by atoms with E-state index in [2.05, 4.69) is 0 Å². The third-order valence-electron chi connectivity index (χ3n) is 2.21. The van der Waals surface area contributed by atoms with Gasteiger partial charge in [0.1, 0.15) is 0 Å². The fourth-order valence-electron chi connectivity index (χ4n) is 1.37. The quantitative estimate of drug-likeness (QED) is 0.749. The van der Waals surface area contributed by atoms with E-state index in [0.717, 1.165) is 0 Å². The molecule has 7 heteroatoms. The van der Waals surface area contributed by atoms with Crippen LogP contribution in [0.2, 0.25) is 0 Å². The van der Waals surface area contributed by atoms with Crippen molar-refractivity contribution in [1.82, 2.24) is 4.31 Å². The second-order valence-electron chi connectivity index (χ2n) is 3.39. The maximum atomic E-state index is 12.6. The highest BCUT2D eigenvalue weighted by Gasteiger charge is 2.18. The molecule has 0 aliphatic carbocycles. The second kappa shape index (κ2) is 3.91. The maximum absolute atomic E-state index is 12.6. The first-order valence-electron chi connectivity index (χ1n) is 4.51. The van der Waals surface area contributed by atoms with Gasteiger partial charge in [-0.3, -0.25) is 0 Å². The molecular weight excluding hydrogens is 237 g/mol. The zero-order chi connectivity index (χ0) is 11.8. The van der Waals surface area contributed by atoms with Crippen LogP contribution in [-0.4, -0.2) is 26.6 Å². The van der Waals surface area contributed by atoms with Gasteiger partial charge in [-0.15, -0.1) is 0 Å². The van der Waals surface area contributed by atoms with Crippen LogP contribution in [-0.2, 0) is 17.0 Å². The summed E-state index contributed by atoms with van der Waals surface area (Å²) in [6.45, 7) is 0.103. The number of nitrogens with zero attached hydrogens (tertiary/aromatic N) is 1. The van der Waals surface area contributed by atoms with Gasteiger partial charge in [0, 0.05) is 13.6 Å². The predicted molar refractivity (Wildman–Crippen MR) is 54.1 cm³/mol. The van der Waals surface area contributed by atoms with Gasteiger partial charge in [-0.1, -0.05) is 9.95 Å². The van der Waals surface area contributed by atoms with Gasteiger partial charge in [-0.05, 0) is 17.7 Å². The Kier molecular flexibility index (Phi) is 2.73. The van der Waals surface area contributed by atoms with Gasteiger partial charge >= 0.3 is 10.4 Å². The first kappa shape index (κ1) is 11.2. The van der Waals surface area contributed by atoms with Crippen LogP contribution in [0.3, 0.4) is 0 Å². The Labute approximate surface area is 92.7 Å². The molecule has 0 saturated carbocycles. The normalized spacial score (nSPS) is 14.4. The number of benzene rings is 1. The van der Waals surface area contributed by atoms with E-state index in [4.69, 9.17) is 9.47 Å². The van der Waals surface area contributed by atoms with E-state index in [1.54, 1.807) is 18.2 Å². The molecular formula is C9H10FNO4S. The van der Waals surface area contributed by atoms with Crippen LogP contribution in [0, 0.1) is 0 Å². The third-order valence-corrected chi connectivity index (χ3v) is 3.09. The summed E-state index contributed by atoms with van der Waals surface area (Å²) < 4.78 is 44.6. The van der Waals surface area contributed by atoms with Crippen molar-refractivity contribution in [3.8, 4) is 11.5 Å². The summed E-state index contributed by atoms with van der Waals surface area (Å²) in [7, 11) is -3.49. The van der Waals surface area contributed by atoms with E-state index in [0.29, 0.717) is 21.4 Å². The molecule has 0 saturated heterocycles. The zero-order valence-corrected chi connectivity index (χ0v) is 9.33. The molecule has 1 heterocycles. The lowest BCUT2D eigenvalue weighted by Gasteiger charge is -2.11. The topological polar surface area (TPSA) is 55.8 Å². The summed E-state index contributed by atoms with van der Waals surface area (Å²) in [5.41, 5.74) is 0.632. The van der Waals surface area contributed by atoms with Gasteiger partial charge < -0.3 is 9.47 Å². The Morgan fingerprint density at radius 1 is 1.38 bits per heavy atom. The highest BCUT2D eigenvalue weighted by atomic mass is 32.3. The van der Waals surface area contributed by atoms with Crippen molar-refractivity contribution >= 4 is 10.4 Å². The van der Waals surface area contributed by atoms with Crippen LogP contribution in [0.1, 0.15) is 5.56 Å². The van der Waals surface area contributed by atoms with Crippen molar-refractivity contribution in [3.05, 3.63) is 23.8 Å². The van der Waals surface area contributed by atoms with Gasteiger partial charge in [-0.2, -0.15) is 12.7 Å². The average molecular weight is 247 g/mol. The summed E-state index contributed by atoms with van der Waals surface area (Å²) in [5.74, 6) is 1.15. The smallest absolute Gasteiger partial charge is 0.374 e. The van der Waals surface area contributed by atoms with E-state index >= 15 is 0 Å². The summed E-state index contributed by atoms with van der Waals surface area (Å²) in [6, 6.07) is 4.95. The largest absolute Gasteiger partial charge is 0.454 e. The molecule has 0 fully saturated rings. The van der Waals surface area contributed by atoms with Crippen molar-refractivity contribution in [2.24, 2.45) is 0 Å². The molecule has 1 aliphatic heterocycles. The molecule has 16 heavy (non-hydrogen) atoms. The molecule has 5 nitrogen and oxygen atoms in total. The van der Waals surface area contributed by atoms with E-state index in [9.17, 15) is 12.3 Å². The number of halogens is 1. The minimum atomic E-state index is -4.65. The van der Waals surface area contributed by atoms with E-state index in [-0.39, 0.29) is 13.3 Å². The molecule has 88 valence electrons. The summed E-state index contributed by atoms with van der Waals surface area (Å²) in [6.07, 6.45) is 0. The Morgan fingerprint density at radius 2 is 2.06 bits per heavy atom. The number of hydrogen-bond donors (Lipinski definition) is 0. The predicted octanol–water partition coefficient (Wildman–Crippen LogP) is 1.06. The Bertz CT molecular complexity index is 502. The van der Waals surface area contributed by atoms with Gasteiger partial charge in [-0.25, -0.2) is 0 Å². The number of rotatable bonds is 3. The Hall–Kier alpha value is -1.34. The minimum absolute atomic E-state index is 0.0462. The fourth-order valence-corrected chi connectivity index (χ4v) is 1.68. The van der Waals surface area contributed by atoms with Crippen LogP contribution < -0.4 is 9.47 Å². The summed E-state index contributed by atoms with van der Waals surface area (Å²) in [5, 5.41) is 0. The van der Waals surface area contributed by atoms with Gasteiger partial charge in [0.15, 0.2) is 11.5 Å². The SMILES string of the molecule is CN(Cc1ccc2c(c1)OCO2)S(=O)(=O)F. The molecule has 1 aromatic rings. The van der Waals surface area contributed by atoms with Crippen molar-refractivity contribution in [2.45, 2.75) is 6.54 Å². The molecule has 0 spiro atoms. The lowest BCUT2D eigenvalue weighted by atomic mass is 10.2. The monoisotopic (exact) mass is 247 g/mol. The van der Waals surface area contributed by atoms with Crippen LogP contribution in [0.4, 0.5) is 3.89 Å². The van der Waals surface area contributed by atoms with Crippen LogP contribution in [0.25, 0.3) is 0 Å². The Balaban J connectivity index is 2.17. The third kappa shape index (κ3) is 2.25. The highest BCUT2D eigenvalue weighted by Crippen LogP contribution is 2.32. The first-order chi connectivity index (χ1) is 7.47. The highest BCUT2D eigenvalue weighted by molar-refractivity contribution is 7.83. The molecule has 0 bridgehead atoms. The van der Waals surface area contributed by atoms with E-state index in [1.807, 2.05) is 0 Å². The van der Waals surface area contributed by atoms with Gasteiger partial charge in [0.25, 0.3) is 0 Å². The van der Waals surface area contributed by atoms with E-state index < -0.39 is 10.4 Å². The summed E-state index contributed by atoms with van der Waals surface area (Å²) in [4.78, 5) is 0. The van der Waals surface area contributed by atoms with Crippen molar-refractivity contribution in [3.63, 3.8) is 0 Å². The molecule has 1 aromatic carbocycles. The molecule has 0 N–H and O–H groups in total. The molecule has 0 atom stereocenters. The maximum Gasteiger partial charge on any atom is 0.374 e. The standard InChI is InChI=1S/C9H10FNO4S/c1-11(16(10,12)13)5-7-2-3-8-9(4-7)15-6-14-8/h2-4H,5-6H2,1H3. The molecule has 0 amide bonds. The van der Waals surface area contributed by atoms with Gasteiger partial charge in [0.2, 0.25) is 6.79 Å². The number of ether oxygens (including phenoxy) is 2. The summed E-state index contributed by atoms with van der Waals surface area (Å²) >= 11 is 0. The number of hydrogen-bond acceptors (Lipinski definition) is 4. The van der Waals surface area contributed by atoms with Crippen LogP contribution in [0.15, 0.2) is 18.2 Å². The second-order valence-corrected chi connectivity index (χ2v) is 4.83. The first-order valence-corrected chi connectivity index (χ1v) is 5.85. The number of fused-ring (bicyclic) bond motifs is 1. The van der Waals surface area contributed by atoms with Crippen molar-refractivity contribution in [2.75, 3.05) is 13.8 Å². The molecule has 1 aliphatic rings. The van der Waals surface area contributed by atoms with Crippen molar-refractivity contribution in [1.29, 1.82) is 0 Å². The van der Waals surface area contributed by atoms with Crippen LogP contribution in [0.5, 0.6) is 11.5 Å². The molecule has 0 aromatic heterocycles. The van der Waals surface area contributed by atoms with E-state index in [1.165, 1.54) is 7.05 Å². The van der Waals surface area contributed by atoms with Gasteiger partial charge in [0.05, 0.1) is 0 Å². The fraction of sp³-hybridized carbons (Fsp3) is 0.333. The molecule has 2 rings (SSSR count). The molecule has 0 unspecified atom stereocenters. The van der Waals surface area contributed by atoms with Crippen molar-refractivity contribution < 1.29 is 21.8 Å². The van der Waals surface area contributed by atoms with Crippen LogP contribution >= 0.6 is 0 Å². The lowest BCUT2D eigenvalue weighted by molar-refractivity contribution is 0.174. The lowest BCUT2D eigenvalue weighted by Crippen LogP contribution is -2.22. The minimum Gasteiger partial charge on any atom is -0.454 e. The zero-order valence-electron chi connectivity index (χ0n) is 8.51. The average Bonchev–Trinajstić information content (AvgIpc) is 2.63.